The van der Waals surface area contributed by atoms with Crippen LogP contribution in [0.4, 0.5) is 0 Å². The Bertz CT molecular complexity index is 1230. The zero-order chi connectivity index (χ0) is 30.4. The van der Waals surface area contributed by atoms with E-state index in [0.717, 1.165) is 91.8 Å². The summed E-state index contributed by atoms with van der Waals surface area (Å²) in [4.78, 5) is 24.2. The molecule has 0 unspecified atom stereocenters. The van der Waals surface area contributed by atoms with Crippen molar-refractivity contribution in [2.24, 2.45) is 11.8 Å². The van der Waals surface area contributed by atoms with Crippen molar-refractivity contribution < 1.29 is 91.1 Å². The first-order valence-electron chi connectivity index (χ1n) is 15.2. The summed E-state index contributed by atoms with van der Waals surface area (Å²) in [5.74, 6) is -4.22. The number of hydrogen-bond donors (Lipinski definition) is 5. The second-order valence-corrected chi connectivity index (χ2v) is 11.5. The van der Waals surface area contributed by atoms with Crippen LogP contribution in [-0.4, -0.2) is 65.9 Å². The van der Waals surface area contributed by atoms with Gasteiger partial charge in [-0.15, -0.1) is 0 Å². The molecule has 0 saturated carbocycles. The molecule has 258 valence electrons. The molecule has 0 aliphatic rings. The molecule has 0 saturated heterocycles. The Labute approximate surface area is 298 Å². The Kier molecular flexibility index (Phi) is 23.7. The molecular formula is C34H50Cl4N4O4. The summed E-state index contributed by atoms with van der Waals surface area (Å²) < 4.78 is 1.06. The van der Waals surface area contributed by atoms with Crippen LogP contribution in [0.1, 0.15) is 36.0 Å². The van der Waals surface area contributed by atoms with Crippen LogP contribution in [0.5, 0.6) is 0 Å². The third-order valence-electron chi connectivity index (χ3n) is 8.28. The number of rotatable bonds is 19. The van der Waals surface area contributed by atoms with Gasteiger partial charge in [-0.25, -0.2) is 0 Å². The molecule has 11 N–H and O–H groups in total. The second-order valence-electron chi connectivity index (χ2n) is 11.5. The fourth-order valence-electron chi connectivity index (χ4n) is 5.86. The SMILES string of the molecule is [Cl-].[Cl-].[Cl-].[Cl-].[NH3+]CCC[N+](CCC[NH3+])(CCC[NH3+])Cc1ccc(-c2ccc(C[C@H](C(=O)O)[C@H](Cc3ccccc3)C(=O)O)cc2)cc1. The first kappa shape index (κ1) is 45.7. The van der Waals surface area contributed by atoms with E-state index in [2.05, 4.69) is 41.5 Å². The van der Waals surface area contributed by atoms with Gasteiger partial charge in [-0.2, -0.15) is 0 Å². The number of carboxylic acids is 2. The van der Waals surface area contributed by atoms with Crippen LogP contribution < -0.4 is 66.8 Å². The van der Waals surface area contributed by atoms with Crippen LogP contribution in [0.3, 0.4) is 0 Å². The number of aliphatic carboxylic acids is 2. The van der Waals surface area contributed by atoms with Gasteiger partial charge in [0.1, 0.15) is 6.54 Å². The summed E-state index contributed by atoms with van der Waals surface area (Å²) in [6, 6.07) is 25.8. The molecule has 3 rings (SSSR count). The normalized spacial score (nSPS) is 11.9. The van der Waals surface area contributed by atoms with Crippen LogP contribution >= 0.6 is 0 Å². The van der Waals surface area contributed by atoms with E-state index in [1.54, 1.807) is 0 Å². The molecule has 0 amide bonds. The monoisotopic (exact) mass is 718 g/mol. The van der Waals surface area contributed by atoms with Crippen LogP contribution in [0.15, 0.2) is 78.9 Å². The molecular weight excluding hydrogens is 670 g/mol. The van der Waals surface area contributed by atoms with Gasteiger partial charge in [0.25, 0.3) is 0 Å². The minimum absolute atomic E-state index is 0. The van der Waals surface area contributed by atoms with E-state index in [1.807, 2.05) is 54.6 Å². The largest absolute Gasteiger partial charge is 1.00 e. The van der Waals surface area contributed by atoms with Crippen molar-refractivity contribution in [1.82, 2.24) is 0 Å². The molecule has 0 aliphatic heterocycles. The van der Waals surface area contributed by atoms with Crippen molar-refractivity contribution >= 4 is 11.9 Å². The molecule has 3 aromatic carbocycles. The molecule has 0 bridgehead atoms. The summed E-state index contributed by atoms with van der Waals surface area (Å²) >= 11 is 0. The smallest absolute Gasteiger partial charge is 0.307 e. The van der Waals surface area contributed by atoms with Crippen LogP contribution in [0.25, 0.3) is 11.1 Å². The van der Waals surface area contributed by atoms with E-state index in [1.165, 1.54) is 5.56 Å². The lowest BCUT2D eigenvalue weighted by molar-refractivity contribution is -0.942. The van der Waals surface area contributed by atoms with Crippen LogP contribution in [-0.2, 0) is 29.0 Å². The Hall–Kier alpha value is -2.40. The maximum Gasteiger partial charge on any atom is 0.307 e. The van der Waals surface area contributed by atoms with Gasteiger partial charge < -0.3 is 81.5 Å². The van der Waals surface area contributed by atoms with Gasteiger partial charge >= 0.3 is 11.9 Å². The number of carboxylic acid groups (broad SMARTS) is 2. The Morgan fingerprint density at radius 2 is 0.891 bits per heavy atom. The van der Waals surface area contributed by atoms with E-state index in [9.17, 15) is 19.8 Å². The summed E-state index contributed by atoms with van der Waals surface area (Å²) in [7, 11) is 0. The lowest BCUT2D eigenvalue weighted by Gasteiger charge is -2.38. The van der Waals surface area contributed by atoms with Gasteiger partial charge in [0.05, 0.1) is 51.1 Å². The molecule has 0 spiro atoms. The number of carbonyl (C=O) groups is 2. The third-order valence-corrected chi connectivity index (χ3v) is 8.28. The van der Waals surface area contributed by atoms with E-state index in [4.69, 9.17) is 0 Å². The molecule has 0 heterocycles. The zero-order valence-corrected chi connectivity index (χ0v) is 29.5. The van der Waals surface area contributed by atoms with Crippen molar-refractivity contribution in [3.8, 4) is 11.1 Å². The summed E-state index contributed by atoms with van der Waals surface area (Å²) in [5, 5.41) is 19.8. The lowest BCUT2D eigenvalue weighted by atomic mass is 9.82. The van der Waals surface area contributed by atoms with Crippen molar-refractivity contribution in [2.45, 2.75) is 38.6 Å². The van der Waals surface area contributed by atoms with Crippen LogP contribution in [0.2, 0.25) is 0 Å². The molecule has 3 aromatic rings. The quantitative estimate of drug-likeness (QED) is 0.0781. The summed E-state index contributed by atoms with van der Waals surface area (Å²) in [6.45, 7) is 7.20. The van der Waals surface area contributed by atoms with Crippen molar-refractivity contribution in [3.63, 3.8) is 0 Å². The Balaban J connectivity index is 0. The fraction of sp³-hybridized carbons (Fsp3) is 0.412. The Morgan fingerprint density at radius 1 is 0.543 bits per heavy atom. The van der Waals surface area contributed by atoms with Crippen molar-refractivity contribution in [3.05, 3.63) is 95.6 Å². The maximum atomic E-state index is 12.2. The van der Waals surface area contributed by atoms with Gasteiger partial charge in [-0.1, -0.05) is 78.9 Å². The average molecular weight is 721 g/mol. The lowest BCUT2D eigenvalue weighted by Crippen LogP contribution is -3.00. The van der Waals surface area contributed by atoms with E-state index in [-0.39, 0.29) is 62.5 Å². The predicted molar refractivity (Wildman–Crippen MR) is 164 cm³/mol. The number of quaternary nitrogens is 4. The minimum Gasteiger partial charge on any atom is -1.00 e. The highest BCUT2D eigenvalue weighted by Gasteiger charge is 2.34. The summed E-state index contributed by atoms with van der Waals surface area (Å²) in [5.41, 5.74) is 17.3. The minimum atomic E-state index is -1.09. The van der Waals surface area contributed by atoms with Gasteiger partial charge in [0, 0.05) is 24.8 Å². The predicted octanol–water partition coefficient (Wildman–Crippen LogP) is -10.2. The van der Waals surface area contributed by atoms with Gasteiger partial charge in [-0.05, 0) is 35.1 Å². The molecule has 0 aromatic heterocycles. The van der Waals surface area contributed by atoms with E-state index >= 15 is 0 Å². The van der Waals surface area contributed by atoms with Gasteiger partial charge in [0.15, 0.2) is 0 Å². The standard InChI is InChI=1S/C34H46N4O4.4ClH/c35-17-4-20-38(21-5-18-36,22-6-19-37)25-28-11-15-30(16-12-28)29-13-9-27(10-14-29)24-32(34(41)42)31(33(39)40)23-26-7-2-1-3-8-26;;;;/h1-3,7-16,31-32H,4-6,17-25,35-37H2,(H-,39,40,41,42);4*1H/t31-,32-;;;;/m0..../s1. The number of benzene rings is 3. The zero-order valence-electron chi connectivity index (χ0n) is 26.4. The Morgan fingerprint density at radius 3 is 1.24 bits per heavy atom. The van der Waals surface area contributed by atoms with Crippen molar-refractivity contribution in [2.75, 3.05) is 39.3 Å². The molecule has 2 atom stereocenters. The van der Waals surface area contributed by atoms with Gasteiger partial charge in [0.2, 0.25) is 0 Å². The van der Waals surface area contributed by atoms with Gasteiger partial charge in [-0.3, -0.25) is 9.59 Å². The first-order valence-corrected chi connectivity index (χ1v) is 15.2. The molecule has 46 heavy (non-hydrogen) atoms. The molecule has 0 radical (unpaired) electrons. The van der Waals surface area contributed by atoms with Crippen LogP contribution in [0, 0.1) is 11.8 Å². The van der Waals surface area contributed by atoms with Crippen molar-refractivity contribution in [1.29, 1.82) is 0 Å². The molecule has 0 fully saturated rings. The van der Waals surface area contributed by atoms with E-state index < -0.39 is 23.8 Å². The number of halogens is 4. The second kappa shape index (κ2) is 23.8. The maximum absolute atomic E-state index is 12.2. The first-order chi connectivity index (χ1) is 20.3. The highest BCUT2D eigenvalue weighted by molar-refractivity contribution is 5.80. The highest BCUT2D eigenvalue weighted by Crippen LogP contribution is 2.27. The number of hydrogen-bond acceptors (Lipinski definition) is 2. The topological polar surface area (TPSA) is 158 Å². The fourth-order valence-corrected chi connectivity index (χ4v) is 5.86. The summed E-state index contributed by atoms with van der Waals surface area (Å²) in [6.07, 6.45) is 3.67. The molecule has 0 aliphatic carbocycles. The average Bonchev–Trinajstić information content (AvgIpc) is 3.00. The third kappa shape index (κ3) is 14.2. The molecule has 12 heteroatoms. The molecule has 8 nitrogen and oxygen atoms in total. The number of nitrogens with zero attached hydrogens (tertiary/aromatic N) is 1. The highest BCUT2D eigenvalue weighted by atomic mass is 35.5. The van der Waals surface area contributed by atoms with E-state index in [0.29, 0.717) is 0 Å².